The zero-order valence-corrected chi connectivity index (χ0v) is 11.4. The Balaban J connectivity index is 2.60. The highest BCUT2D eigenvalue weighted by atomic mass is 16.7. The molecule has 3 atom stereocenters. The van der Waals surface area contributed by atoms with Gasteiger partial charge in [0.05, 0.1) is 12.1 Å². The van der Waals surface area contributed by atoms with Crippen molar-refractivity contribution in [2.75, 3.05) is 13.2 Å². The summed E-state index contributed by atoms with van der Waals surface area (Å²) in [4.78, 5) is 4.22. The number of amidine groups is 1. The van der Waals surface area contributed by atoms with Gasteiger partial charge in [0.25, 0.3) is 5.91 Å². The van der Waals surface area contributed by atoms with Crippen LogP contribution >= 0.6 is 0 Å². The number of aliphatic imine (C=N–C) groups is 1. The average molecular weight is 262 g/mol. The van der Waals surface area contributed by atoms with Crippen LogP contribution in [0.1, 0.15) is 27.2 Å². The molecule has 1 saturated carbocycles. The van der Waals surface area contributed by atoms with Crippen molar-refractivity contribution in [3.8, 4) is 12.1 Å². The van der Waals surface area contributed by atoms with Gasteiger partial charge in [-0.15, -0.1) is 0 Å². The molecule has 2 N–H and O–H groups in total. The summed E-state index contributed by atoms with van der Waals surface area (Å²) in [5.41, 5.74) is 3.75. The maximum absolute atomic E-state index is 9.68. The zero-order valence-electron chi connectivity index (χ0n) is 11.4. The average Bonchev–Trinajstić information content (AvgIpc) is 2.96. The van der Waals surface area contributed by atoms with E-state index in [0.29, 0.717) is 19.6 Å². The topological polar surface area (TPSA) is 104 Å². The van der Waals surface area contributed by atoms with Crippen LogP contribution in [-0.2, 0) is 9.47 Å². The number of fused-ring (bicyclic) bond motifs is 1. The van der Waals surface area contributed by atoms with E-state index in [1.54, 1.807) is 13.8 Å². The summed E-state index contributed by atoms with van der Waals surface area (Å²) in [6, 6.07) is 4.42. The van der Waals surface area contributed by atoms with Crippen molar-refractivity contribution >= 4 is 5.84 Å². The number of hydrogen-bond donors (Lipinski definition) is 1. The third-order valence-corrected chi connectivity index (χ3v) is 4.19. The molecule has 102 valence electrons. The van der Waals surface area contributed by atoms with Gasteiger partial charge < -0.3 is 15.2 Å². The maximum atomic E-state index is 9.68. The van der Waals surface area contributed by atoms with Gasteiger partial charge in [-0.2, -0.15) is 10.5 Å². The Kier molecular flexibility index (Phi) is 3.04. The molecule has 6 nitrogen and oxygen atoms in total. The number of nitrogens with two attached hydrogens (primary N) is 1. The van der Waals surface area contributed by atoms with Gasteiger partial charge in [-0.05, 0) is 20.3 Å². The molecule has 1 aliphatic heterocycles. The number of ether oxygens (including phenoxy) is 2. The molecule has 0 amide bonds. The molecule has 0 aromatic rings. The van der Waals surface area contributed by atoms with E-state index in [4.69, 9.17) is 15.2 Å². The molecule has 1 fully saturated rings. The van der Waals surface area contributed by atoms with Crippen LogP contribution in [0.25, 0.3) is 0 Å². The fourth-order valence-corrected chi connectivity index (χ4v) is 3.53. The summed E-state index contributed by atoms with van der Waals surface area (Å²) in [6.07, 6.45) is 0.652. The minimum atomic E-state index is -1.44. The van der Waals surface area contributed by atoms with Crippen LogP contribution in [0.5, 0.6) is 0 Å². The first-order valence-corrected chi connectivity index (χ1v) is 6.53. The van der Waals surface area contributed by atoms with Gasteiger partial charge in [-0.3, -0.25) is 0 Å². The molecule has 0 aromatic carbocycles. The van der Waals surface area contributed by atoms with Gasteiger partial charge in [-0.25, -0.2) is 4.99 Å². The fraction of sp³-hybridized carbons (Fsp3) is 0.769. The predicted molar refractivity (Wildman–Crippen MR) is 67.5 cm³/mol. The molecular weight excluding hydrogens is 244 g/mol. The first kappa shape index (κ1) is 13.8. The smallest absolute Gasteiger partial charge is 0.293 e. The van der Waals surface area contributed by atoms with E-state index < -0.39 is 16.7 Å². The van der Waals surface area contributed by atoms with Crippen LogP contribution in [0.3, 0.4) is 0 Å². The lowest BCUT2D eigenvalue weighted by Crippen LogP contribution is -2.43. The molecule has 0 saturated heterocycles. The third kappa shape index (κ3) is 1.19. The minimum Gasteiger partial charge on any atom is -0.386 e. The summed E-state index contributed by atoms with van der Waals surface area (Å²) in [6.45, 7) is 6.19. The lowest BCUT2D eigenvalue weighted by molar-refractivity contribution is -0.257. The van der Waals surface area contributed by atoms with Crippen molar-refractivity contribution in [3.05, 3.63) is 0 Å². The van der Waals surface area contributed by atoms with Gasteiger partial charge in [0, 0.05) is 19.1 Å². The first-order chi connectivity index (χ1) is 9.06. The SMILES string of the molecule is CCOC1(OCC)N=C(N)[C@@]2(C#N)[C@@H](CC)[C@@]12C#N. The van der Waals surface area contributed by atoms with Gasteiger partial charge in [-0.1, -0.05) is 6.92 Å². The van der Waals surface area contributed by atoms with Crippen molar-refractivity contribution in [3.63, 3.8) is 0 Å². The number of nitrogens with zero attached hydrogens (tertiary/aromatic N) is 3. The van der Waals surface area contributed by atoms with E-state index in [1.165, 1.54) is 0 Å². The van der Waals surface area contributed by atoms with E-state index in [1.807, 2.05) is 6.92 Å². The standard InChI is InChI=1S/C13H18N4O2/c1-4-9-11(7-14)10(16)17-13(18-5-2,19-6-3)12(9,11)8-15/h9H,4-6H2,1-3H3,(H2,16,17)/t9-,11-,12-/m1/s1. The largest absolute Gasteiger partial charge is 0.386 e. The van der Waals surface area contributed by atoms with E-state index in [2.05, 4.69) is 17.1 Å². The van der Waals surface area contributed by atoms with E-state index in [-0.39, 0.29) is 11.8 Å². The first-order valence-electron chi connectivity index (χ1n) is 6.53. The zero-order chi connectivity index (χ0) is 14.3. The van der Waals surface area contributed by atoms with Gasteiger partial charge >= 0.3 is 0 Å². The van der Waals surface area contributed by atoms with Crippen molar-refractivity contribution < 1.29 is 9.47 Å². The molecule has 0 radical (unpaired) electrons. The van der Waals surface area contributed by atoms with Crippen LogP contribution in [0.2, 0.25) is 0 Å². The summed E-state index contributed by atoms with van der Waals surface area (Å²) in [5, 5.41) is 19.2. The number of nitriles is 2. The molecular formula is C13H18N4O2. The fourth-order valence-electron chi connectivity index (χ4n) is 3.53. The molecule has 1 aliphatic carbocycles. The van der Waals surface area contributed by atoms with Gasteiger partial charge in [0.2, 0.25) is 0 Å². The monoisotopic (exact) mass is 262 g/mol. The Bertz CT molecular complexity index is 498. The van der Waals surface area contributed by atoms with Crippen LogP contribution in [0, 0.1) is 39.4 Å². The minimum absolute atomic E-state index is 0.158. The highest BCUT2D eigenvalue weighted by molar-refractivity contribution is 5.98. The van der Waals surface area contributed by atoms with Crippen LogP contribution in [0.15, 0.2) is 4.99 Å². The molecule has 19 heavy (non-hydrogen) atoms. The second-order valence-electron chi connectivity index (χ2n) is 4.75. The second-order valence-corrected chi connectivity index (χ2v) is 4.75. The Hall–Kier alpha value is -1.63. The molecule has 0 unspecified atom stereocenters. The Morgan fingerprint density at radius 1 is 1.21 bits per heavy atom. The lowest BCUT2D eigenvalue weighted by Gasteiger charge is -2.31. The van der Waals surface area contributed by atoms with Gasteiger partial charge in [0.15, 0.2) is 5.41 Å². The van der Waals surface area contributed by atoms with Gasteiger partial charge in [0.1, 0.15) is 11.3 Å². The molecule has 6 heteroatoms. The number of rotatable bonds is 5. The highest BCUT2D eigenvalue weighted by Gasteiger charge is 2.92. The molecule has 0 aromatic heterocycles. The Morgan fingerprint density at radius 3 is 2.11 bits per heavy atom. The number of hydrogen-bond acceptors (Lipinski definition) is 6. The molecule has 0 bridgehead atoms. The van der Waals surface area contributed by atoms with E-state index in [0.717, 1.165) is 0 Å². The van der Waals surface area contributed by atoms with Crippen molar-refractivity contribution in [1.82, 2.24) is 0 Å². The second kappa shape index (κ2) is 4.19. The summed E-state index contributed by atoms with van der Waals surface area (Å²) in [7, 11) is 0. The Morgan fingerprint density at radius 2 is 1.79 bits per heavy atom. The normalized spacial score (nSPS) is 37.9. The molecule has 2 rings (SSSR count). The van der Waals surface area contributed by atoms with E-state index in [9.17, 15) is 10.5 Å². The predicted octanol–water partition coefficient (Wildman–Crippen LogP) is 1.14. The Labute approximate surface area is 112 Å². The highest BCUT2D eigenvalue weighted by Crippen LogP contribution is 2.78. The third-order valence-electron chi connectivity index (χ3n) is 4.19. The summed E-state index contributed by atoms with van der Waals surface area (Å²) < 4.78 is 11.3. The van der Waals surface area contributed by atoms with Crippen LogP contribution < -0.4 is 5.73 Å². The molecule has 2 aliphatic rings. The summed E-state index contributed by atoms with van der Waals surface area (Å²) in [5.74, 6) is -1.48. The molecule has 0 spiro atoms. The summed E-state index contributed by atoms with van der Waals surface area (Å²) >= 11 is 0. The van der Waals surface area contributed by atoms with Crippen LogP contribution in [0.4, 0.5) is 0 Å². The quantitative estimate of drug-likeness (QED) is 0.748. The maximum Gasteiger partial charge on any atom is 0.293 e. The lowest BCUT2D eigenvalue weighted by atomic mass is 9.93. The molecule has 1 heterocycles. The van der Waals surface area contributed by atoms with Crippen molar-refractivity contribution in [2.45, 2.75) is 33.1 Å². The van der Waals surface area contributed by atoms with Crippen LogP contribution in [-0.4, -0.2) is 25.0 Å². The van der Waals surface area contributed by atoms with Crippen molar-refractivity contribution in [2.24, 2.45) is 27.5 Å². The van der Waals surface area contributed by atoms with E-state index >= 15 is 0 Å². The van der Waals surface area contributed by atoms with Crippen molar-refractivity contribution in [1.29, 1.82) is 10.5 Å².